The van der Waals surface area contributed by atoms with E-state index in [1.54, 1.807) is 11.3 Å². The summed E-state index contributed by atoms with van der Waals surface area (Å²) in [5.41, 5.74) is 2.74. The van der Waals surface area contributed by atoms with E-state index < -0.39 is 0 Å². The SMILES string of the molecule is O=C(c1cc2c(s1)CCNC2)N1CCC(Cc2ccccc2)CC1. The van der Waals surface area contributed by atoms with E-state index in [0.717, 1.165) is 56.7 Å². The largest absolute Gasteiger partial charge is 0.338 e. The van der Waals surface area contributed by atoms with Gasteiger partial charge in [0.15, 0.2) is 0 Å². The highest BCUT2D eigenvalue weighted by atomic mass is 32.1. The van der Waals surface area contributed by atoms with Crippen LogP contribution in [0.5, 0.6) is 0 Å². The Morgan fingerprint density at radius 1 is 1.21 bits per heavy atom. The number of benzene rings is 1. The fourth-order valence-corrected chi connectivity index (χ4v) is 4.95. The van der Waals surface area contributed by atoms with Crippen LogP contribution in [0.25, 0.3) is 0 Å². The second-order valence-electron chi connectivity index (χ2n) is 6.91. The lowest BCUT2D eigenvalue weighted by molar-refractivity contribution is 0.0695. The van der Waals surface area contributed by atoms with E-state index in [1.807, 2.05) is 0 Å². The molecule has 0 aliphatic carbocycles. The fourth-order valence-electron chi connectivity index (χ4n) is 3.80. The summed E-state index contributed by atoms with van der Waals surface area (Å²) in [6.45, 7) is 3.75. The van der Waals surface area contributed by atoms with Gasteiger partial charge in [-0.3, -0.25) is 4.79 Å². The fraction of sp³-hybridized carbons (Fsp3) is 0.450. The summed E-state index contributed by atoms with van der Waals surface area (Å²) in [6.07, 6.45) is 4.44. The van der Waals surface area contributed by atoms with Crippen LogP contribution in [0.3, 0.4) is 0 Å². The first-order chi connectivity index (χ1) is 11.8. The predicted molar refractivity (Wildman–Crippen MR) is 98.5 cm³/mol. The van der Waals surface area contributed by atoms with Crippen molar-refractivity contribution in [3.8, 4) is 0 Å². The predicted octanol–water partition coefficient (Wildman–Crippen LogP) is 3.49. The second-order valence-corrected chi connectivity index (χ2v) is 8.05. The van der Waals surface area contributed by atoms with Gasteiger partial charge in [0.2, 0.25) is 0 Å². The maximum atomic E-state index is 12.8. The molecule has 2 aliphatic rings. The lowest BCUT2D eigenvalue weighted by Crippen LogP contribution is -2.38. The Morgan fingerprint density at radius 2 is 2.00 bits per heavy atom. The number of nitrogens with zero attached hydrogens (tertiary/aromatic N) is 1. The summed E-state index contributed by atoms with van der Waals surface area (Å²) in [5.74, 6) is 0.949. The second kappa shape index (κ2) is 7.08. The average Bonchev–Trinajstić information content (AvgIpc) is 3.07. The zero-order valence-corrected chi connectivity index (χ0v) is 14.8. The minimum atomic E-state index is 0.243. The van der Waals surface area contributed by atoms with Gasteiger partial charge in [0, 0.05) is 31.1 Å². The van der Waals surface area contributed by atoms with Gasteiger partial charge in [-0.2, -0.15) is 0 Å². The molecule has 1 aromatic heterocycles. The zero-order valence-electron chi connectivity index (χ0n) is 14.0. The summed E-state index contributed by atoms with van der Waals surface area (Å²) < 4.78 is 0. The maximum Gasteiger partial charge on any atom is 0.263 e. The number of carbonyl (C=O) groups excluding carboxylic acids is 1. The van der Waals surface area contributed by atoms with Gasteiger partial charge < -0.3 is 10.2 Å². The van der Waals surface area contributed by atoms with Crippen molar-refractivity contribution in [2.75, 3.05) is 19.6 Å². The number of hydrogen-bond acceptors (Lipinski definition) is 3. The molecule has 4 heteroatoms. The van der Waals surface area contributed by atoms with Crippen molar-refractivity contribution in [2.45, 2.75) is 32.2 Å². The molecule has 1 saturated heterocycles. The molecular formula is C20H24N2OS. The molecule has 24 heavy (non-hydrogen) atoms. The van der Waals surface area contributed by atoms with Crippen LogP contribution < -0.4 is 5.32 Å². The maximum absolute atomic E-state index is 12.8. The third-order valence-electron chi connectivity index (χ3n) is 5.22. The molecule has 0 atom stereocenters. The van der Waals surface area contributed by atoms with Crippen molar-refractivity contribution in [1.82, 2.24) is 10.2 Å². The lowest BCUT2D eigenvalue weighted by Gasteiger charge is -2.31. The van der Waals surface area contributed by atoms with E-state index in [-0.39, 0.29) is 5.91 Å². The minimum absolute atomic E-state index is 0.243. The molecule has 1 N–H and O–H groups in total. The Kier molecular flexibility index (Phi) is 4.67. The summed E-state index contributed by atoms with van der Waals surface area (Å²) in [5, 5.41) is 3.38. The van der Waals surface area contributed by atoms with Crippen LogP contribution >= 0.6 is 11.3 Å². The van der Waals surface area contributed by atoms with E-state index >= 15 is 0 Å². The molecule has 3 nitrogen and oxygen atoms in total. The van der Waals surface area contributed by atoms with Crippen molar-refractivity contribution < 1.29 is 4.79 Å². The number of carbonyl (C=O) groups is 1. The number of rotatable bonds is 3. The molecule has 0 unspecified atom stereocenters. The van der Waals surface area contributed by atoms with Gasteiger partial charge in [-0.1, -0.05) is 30.3 Å². The number of nitrogens with one attached hydrogen (secondary N) is 1. The van der Waals surface area contributed by atoms with Gasteiger partial charge in [-0.25, -0.2) is 0 Å². The highest BCUT2D eigenvalue weighted by molar-refractivity contribution is 7.14. The normalized spacial score (nSPS) is 18.4. The average molecular weight is 340 g/mol. The number of piperidine rings is 1. The van der Waals surface area contributed by atoms with Crippen molar-refractivity contribution in [3.05, 3.63) is 57.3 Å². The molecule has 2 aliphatic heterocycles. The molecule has 0 spiro atoms. The Labute approximate surface area is 147 Å². The standard InChI is InChI=1S/C20H24N2OS/c23-20(19-13-17-14-21-9-6-18(17)24-19)22-10-7-16(8-11-22)12-15-4-2-1-3-5-15/h1-5,13,16,21H,6-12,14H2. The number of fused-ring (bicyclic) bond motifs is 1. The van der Waals surface area contributed by atoms with Gasteiger partial charge in [0.1, 0.15) is 0 Å². The van der Waals surface area contributed by atoms with Crippen LogP contribution in [-0.2, 0) is 19.4 Å². The van der Waals surface area contributed by atoms with Crippen LogP contribution in [0.2, 0.25) is 0 Å². The Hall–Kier alpha value is -1.65. The van der Waals surface area contributed by atoms with Crippen LogP contribution in [0, 0.1) is 5.92 Å². The molecule has 1 aromatic carbocycles. The quantitative estimate of drug-likeness (QED) is 0.928. The van der Waals surface area contributed by atoms with Crippen LogP contribution in [0.4, 0.5) is 0 Å². The van der Waals surface area contributed by atoms with Gasteiger partial charge in [0.25, 0.3) is 5.91 Å². The van der Waals surface area contributed by atoms with Crippen LogP contribution in [0.1, 0.15) is 38.5 Å². The molecule has 2 aromatic rings. The van der Waals surface area contributed by atoms with Crippen molar-refractivity contribution >= 4 is 17.2 Å². The van der Waals surface area contributed by atoms with E-state index in [9.17, 15) is 4.79 Å². The molecule has 1 fully saturated rings. The zero-order chi connectivity index (χ0) is 16.4. The molecule has 126 valence electrons. The first-order valence-electron chi connectivity index (χ1n) is 8.95. The lowest BCUT2D eigenvalue weighted by atomic mass is 9.90. The minimum Gasteiger partial charge on any atom is -0.338 e. The van der Waals surface area contributed by atoms with E-state index in [2.05, 4.69) is 46.6 Å². The first kappa shape index (κ1) is 15.9. The summed E-state index contributed by atoms with van der Waals surface area (Å²) in [7, 11) is 0. The first-order valence-corrected chi connectivity index (χ1v) is 9.77. The van der Waals surface area contributed by atoms with Gasteiger partial charge >= 0.3 is 0 Å². The molecular weight excluding hydrogens is 316 g/mol. The van der Waals surface area contributed by atoms with E-state index in [1.165, 1.54) is 16.0 Å². The van der Waals surface area contributed by atoms with Gasteiger partial charge in [-0.15, -0.1) is 11.3 Å². The number of hydrogen-bond donors (Lipinski definition) is 1. The monoisotopic (exact) mass is 340 g/mol. The summed E-state index contributed by atoms with van der Waals surface area (Å²) in [4.78, 5) is 17.2. The molecule has 0 saturated carbocycles. The Morgan fingerprint density at radius 3 is 2.75 bits per heavy atom. The third-order valence-corrected chi connectivity index (χ3v) is 6.45. The molecule has 4 rings (SSSR count). The van der Waals surface area contributed by atoms with Crippen molar-refractivity contribution in [2.24, 2.45) is 5.92 Å². The number of thiophene rings is 1. The topological polar surface area (TPSA) is 32.3 Å². The highest BCUT2D eigenvalue weighted by Gasteiger charge is 2.26. The van der Waals surface area contributed by atoms with Gasteiger partial charge in [0.05, 0.1) is 4.88 Å². The van der Waals surface area contributed by atoms with Crippen molar-refractivity contribution in [1.29, 1.82) is 0 Å². The molecule has 0 bridgehead atoms. The van der Waals surface area contributed by atoms with Crippen LogP contribution in [0.15, 0.2) is 36.4 Å². The van der Waals surface area contributed by atoms with Crippen LogP contribution in [-0.4, -0.2) is 30.4 Å². The van der Waals surface area contributed by atoms with E-state index in [4.69, 9.17) is 0 Å². The molecule has 3 heterocycles. The number of likely N-dealkylation sites (tertiary alicyclic amines) is 1. The summed E-state index contributed by atoms with van der Waals surface area (Å²) >= 11 is 1.71. The molecule has 1 amide bonds. The molecule has 0 radical (unpaired) electrons. The van der Waals surface area contributed by atoms with Gasteiger partial charge in [-0.05, 0) is 48.8 Å². The Balaban J connectivity index is 1.35. The third kappa shape index (κ3) is 3.40. The number of amides is 1. The Bertz CT molecular complexity index is 678. The smallest absolute Gasteiger partial charge is 0.263 e. The summed E-state index contributed by atoms with van der Waals surface area (Å²) in [6, 6.07) is 12.8. The van der Waals surface area contributed by atoms with E-state index in [0.29, 0.717) is 5.92 Å². The van der Waals surface area contributed by atoms with Crippen molar-refractivity contribution in [3.63, 3.8) is 0 Å². The highest BCUT2D eigenvalue weighted by Crippen LogP contribution is 2.28.